The van der Waals surface area contributed by atoms with Crippen LogP contribution < -0.4 is 0 Å². The van der Waals surface area contributed by atoms with Crippen LogP contribution in [0.1, 0.15) is 27.2 Å². The summed E-state index contributed by atoms with van der Waals surface area (Å²) in [7, 11) is 2.24. The first-order valence-corrected chi connectivity index (χ1v) is 5.01. The molecule has 0 aromatic rings. The highest BCUT2D eigenvalue weighted by Crippen LogP contribution is 2.52. The third-order valence-corrected chi connectivity index (χ3v) is 3.03. The quantitative estimate of drug-likeness (QED) is 0.561. The van der Waals surface area contributed by atoms with Gasteiger partial charge in [-0.2, -0.15) is 0 Å². The van der Waals surface area contributed by atoms with Crippen LogP contribution in [0.2, 0.25) is 0 Å². The summed E-state index contributed by atoms with van der Waals surface area (Å²) in [4.78, 5) is 2.46. The van der Waals surface area contributed by atoms with Crippen LogP contribution in [0.3, 0.4) is 0 Å². The minimum absolute atomic E-state index is 1.10. The first-order valence-electron chi connectivity index (χ1n) is 5.01. The van der Waals surface area contributed by atoms with Crippen molar-refractivity contribution < 1.29 is 0 Å². The highest BCUT2D eigenvalue weighted by Gasteiger charge is 2.53. The predicted molar refractivity (Wildman–Crippen MR) is 49.6 cm³/mol. The Kier molecular flexibility index (Phi) is 2.94. The zero-order valence-corrected chi connectivity index (χ0v) is 8.30. The molecule has 1 aliphatic carbocycles. The second-order valence-corrected chi connectivity index (χ2v) is 3.62. The highest BCUT2D eigenvalue weighted by atomic mass is 15.2. The smallest absolute Gasteiger partial charge is 0.00127 e. The molecule has 1 aliphatic heterocycles. The van der Waals surface area contributed by atoms with Gasteiger partial charge in [0.1, 0.15) is 0 Å². The summed E-state index contributed by atoms with van der Waals surface area (Å²) in [5.41, 5.74) is 0. The van der Waals surface area contributed by atoms with E-state index in [1.54, 1.807) is 0 Å². The lowest BCUT2D eigenvalue weighted by Gasteiger charge is -2.10. The molecule has 1 nitrogen and oxygen atoms in total. The van der Waals surface area contributed by atoms with Crippen molar-refractivity contribution >= 4 is 0 Å². The molecule has 2 atom stereocenters. The van der Waals surface area contributed by atoms with E-state index < -0.39 is 0 Å². The summed E-state index contributed by atoms with van der Waals surface area (Å²) < 4.78 is 0. The molecule has 2 fully saturated rings. The monoisotopic (exact) mass is 155 g/mol. The van der Waals surface area contributed by atoms with Crippen molar-refractivity contribution in [1.82, 2.24) is 4.90 Å². The summed E-state index contributed by atoms with van der Waals surface area (Å²) in [6.07, 6.45) is 1.42. The molecule has 1 heteroatoms. The van der Waals surface area contributed by atoms with E-state index in [0.717, 1.165) is 17.8 Å². The van der Waals surface area contributed by atoms with Gasteiger partial charge in [0, 0.05) is 13.1 Å². The van der Waals surface area contributed by atoms with Crippen LogP contribution in [0, 0.1) is 17.8 Å². The van der Waals surface area contributed by atoms with Crippen LogP contribution in [0.4, 0.5) is 0 Å². The molecule has 0 aromatic carbocycles. The van der Waals surface area contributed by atoms with E-state index in [2.05, 4.69) is 18.9 Å². The third-order valence-electron chi connectivity index (χ3n) is 3.03. The molecule has 66 valence electrons. The van der Waals surface area contributed by atoms with Crippen LogP contribution in [-0.4, -0.2) is 25.0 Å². The van der Waals surface area contributed by atoms with Crippen molar-refractivity contribution in [2.24, 2.45) is 17.8 Å². The number of hydrogen-bond donors (Lipinski definition) is 0. The van der Waals surface area contributed by atoms with Gasteiger partial charge >= 0.3 is 0 Å². The number of piperidine rings is 1. The van der Waals surface area contributed by atoms with Gasteiger partial charge in [-0.1, -0.05) is 27.2 Å². The predicted octanol–water partition coefficient (Wildman–Crippen LogP) is 2.23. The van der Waals surface area contributed by atoms with Gasteiger partial charge in [0.15, 0.2) is 0 Å². The van der Waals surface area contributed by atoms with Crippen molar-refractivity contribution in [3.8, 4) is 0 Å². The zero-order chi connectivity index (χ0) is 8.43. The molecule has 1 saturated carbocycles. The van der Waals surface area contributed by atoms with E-state index in [0.29, 0.717) is 0 Å². The van der Waals surface area contributed by atoms with Crippen LogP contribution in [0.15, 0.2) is 0 Å². The lowest BCUT2D eigenvalue weighted by Crippen LogP contribution is -2.18. The van der Waals surface area contributed by atoms with Gasteiger partial charge < -0.3 is 4.90 Å². The second-order valence-electron chi connectivity index (χ2n) is 3.62. The Bertz CT molecular complexity index is 110. The van der Waals surface area contributed by atoms with Crippen molar-refractivity contribution in [2.45, 2.75) is 27.2 Å². The SMILES string of the molecule is CC.CCC1C2CN(C)CC12. The molecule has 2 unspecified atom stereocenters. The molecule has 0 aromatic heterocycles. The average Bonchev–Trinajstić information content (AvgIpc) is 2.52. The van der Waals surface area contributed by atoms with E-state index in [4.69, 9.17) is 0 Å². The van der Waals surface area contributed by atoms with E-state index in [-0.39, 0.29) is 0 Å². The Morgan fingerprint density at radius 1 is 1.18 bits per heavy atom. The molecule has 0 radical (unpaired) electrons. The molecule has 0 bridgehead atoms. The zero-order valence-electron chi connectivity index (χ0n) is 8.30. The third kappa shape index (κ3) is 1.58. The number of hydrogen-bond acceptors (Lipinski definition) is 1. The molecule has 0 spiro atoms. The molecule has 2 rings (SSSR count). The molecule has 1 heterocycles. The Morgan fingerprint density at radius 2 is 1.64 bits per heavy atom. The van der Waals surface area contributed by atoms with Gasteiger partial charge in [0.05, 0.1) is 0 Å². The lowest BCUT2D eigenvalue weighted by molar-refractivity contribution is 0.342. The van der Waals surface area contributed by atoms with Crippen molar-refractivity contribution in [3.63, 3.8) is 0 Å². The Hall–Kier alpha value is -0.0400. The Morgan fingerprint density at radius 3 is 2.00 bits per heavy atom. The molecule has 2 aliphatic rings. The van der Waals surface area contributed by atoms with Gasteiger partial charge in [-0.25, -0.2) is 0 Å². The highest BCUT2D eigenvalue weighted by molar-refractivity contribution is 5.03. The first kappa shape index (κ1) is 9.05. The lowest BCUT2D eigenvalue weighted by atomic mass is 10.2. The van der Waals surface area contributed by atoms with Gasteiger partial charge in [-0.05, 0) is 24.8 Å². The molecule has 1 saturated heterocycles. The maximum atomic E-state index is 2.46. The normalized spacial score (nSPS) is 40.9. The molecular formula is C10H21N. The Labute approximate surface area is 70.8 Å². The van der Waals surface area contributed by atoms with E-state index in [1.807, 2.05) is 13.8 Å². The first-order chi connectivity index (χ1) is 5.33. The fourth-order valence-corrected chi connectivity index (χ4v) is 2.47. The number of nitrogens with zero attached hydrogens (tertiary/aromatic N) is 1. The van der Waals surface area contributed by atoms with Gasteiger partial charge in [-0.15, -0.1) is 0 Å². The topological polar surface area (TPSA) is 3.24 Å². The molecule has 0 N–H and O–H groups in total. The average molecular weight is 155 g/mol. The van der Waals surface area contributed by atoms with Gasteiger partial charge in [-0.3, -0.25) is 0 Å². The van der Waals surface area contributed by atoms with Crippen LogP contribution in [0.5, 0.6) is 0 Å². The van der Waals surface area contributed by atoms with E-state index in [1.165, 1.54) is 19.5 Å². The number of fused-ring (bicyclic) bond motifs is 1. The molecule has 11 heavy (non-hydrogen) atoms. The van der Waals surface area contributed by atoms with E-state index in [9.17, 15) is 0 Å². The fourth-order valence-electron chi connectivity index (χ4n) is 2.47. The summed E-state index contributed by atoms with van der Waals surface area (Å²) in [6.45, 7) is 9.08. The maximum Gasteiger partial charge on any atom is 0.00127 e. The number of rotatable bonds is 1. The summed E-state index contributed by atoms with van der Waals surface area (Å²) in [6, 6.07) is 0. The second kappa shape index (κ2) is 3.57. The summed E-state index contributed by atoms with van der Waals surface area (Å²) in [5, 5.41) is 0. The van der Waals surface area contributed by atoms with E-state index >= 15 is 0 Å². The van der Waals surface area contributed by atoms with Crippen molar-refractivity contribution in [2.75, 3.05) is 20.1 Å². The minimum atomic E-state index is 1.10. The standard InChI is InChI=1S/C8H15N.C2H6/c1-3-6-7-4-9(2)5-8(6)7;1-2/h6-8H,3-5H2,1-2H3;1-2H3. The minimum Gasteiger partial charge on any atom is -0.306 e. The van der Waals surface area contributed by atoms with Crippen LogP contribution >= 0.6 is 0 Å². The molecular weight excluding hydrogens is 134 g/mol. The van der Waals surface area contributed by atoms with Crippen molar-refractivity contribution in [3.05, 3.63) is 0 Å². The largest absolute Gasteiger partial charge is 0.306 e. The number of likely N-dealkylation sites (tertiary alicyclic amines) is 1. The van der Waals surface area contributed by atoms with Gasteiger partial charge in [0.25, 0.3) is 0 Å². The van der Waals surface area contributed by atoms with Crippen molar-refractivity contribution in [1.29, 1.82) is 0 Å². The fraction of sp³-hybridized carbons (Fsp3) is 1.00. The summed E-state index contributed by atoms with van der Waals surface area (Å²) in [5.74, 6) is 3.31. The maximum absolute atomic E-state index is 2.46. The van der Waals surface area contributed by atoms with Gasteiger partial charge in [0.2, 0.25) is 0 Å². The summed E-state index contributed by atoms with van der Waals surface area (Å²) >= 11 is 0. The Balaban J connectivity index is 0.000000281. The van der Waals surface area contributed by atoms with Crippen LogP contribution in [-0.2, 0) is 0 Å². The van der Waals surface area contributed by atoms with Crippen LogP contribution in [0.25, 0.3) is 0 Å². The molecule has 0 amide bonds.